The van der Waals surface area contributed by atoms with E-state index in [0.29, 0.717) is 11.3 Å². The van der Waals surface area contributed by atoms with Crippen LogP contribution in [-0.4, -0.2) is 30.8 Å². The molecule has 0 atom stereocenters. The Hall–Kier alpha value is -4.30. The van der Waals surface area contributed by atoms with Crippen LogP contribution in [0.1, 0.15) is 0 Å². The molecule has 0 unspecified atom stereocenters. The number of anilines is 1. The van der Waals surface area contributed by atoms with E-state index in [4.69, 9.17) is 4.98 Å². The second-order valence-corrected chi connectivity index (χ2v) is 8.20. The van der Waals surface area contributed by atoms with Crippen LogP contribution in [0, 0.1) is 0 Å². The normalized spacial score (nSPS) is 10.8. The van der Waals surface area contributed by atoms with Crippen LogP contribution in [0.2, 0.25) is 0 Å². The molecule has 0 spiro atoms. The summed E-state index contributed by atoms with van der Waals surface area (Å²) in [5.74, 6) is -0.251. The zero-order chi connectivity index (χ0) is 22.6. The van der Waals surface area contributed by atoms with Crippen LogP contribution in [0.3, 0.4) is 0 Å². The van der Waals surface area contributed by atoms with Gasteiger partial charge in [0.15, 0.2) is 5.65 Å². The topological polar surface area (TPSA) is 96.5 Å². The smallest absolute Gasteiger partial charge is 0.247 e. The molecule has 0 bridgehead atoms. The predicted molar refractivity (Wildman–Crippen MR) is 130 cm³/mol. The molecule has 1 amide bonds. The summed E-state index contributed by atoms with van der Waals surface area (Å²) in [6.45, 7) is 3.48. The number of rotatable bonds is 6. The molecule has 7 nitrogen and oxygen atoms in total. The van der Waals surface area contributed by atoms with Crippen LogP contribution >= 0.6 is 11.8 Å². The van der Waals surface area contributed by atoms with E-state index in [1.54, 1.807) is 18.6 Å². The highest BCUT2D eigenvalue weighted by molar-refractivity contribution is 7.99. The Labute approximate surface area is 194 Å². The minimum Gasteiger partial charge on any atom is -0.344 e. The Morgan fingerprint density at radius 2 is 1.97 bits per heavy atom. The van der Waals surface area contributed by atoms with Crippen molar-refractivity contribution in [2.75, 3.05) is 5.32 Å². The molecule has 33 heavy (non-hydrogen) atoms. The third kappa shape index (κ3) is 4.51. The Morgan fingerprint density at radius 1 is 1.03 bits per heavy atom. The summed E-state index contributed by atoms with van der Waals surface area (Å²) in [4.78, 5) is 33.8. The SMILES string of the molecule is C=CC(=O)Nc1cccc(Sc2cnc3[nH]cc(-c4ccc(-c5cccnc5)nc4)c3n2)c1. The summed E-state index contributed by atoms with van der Waals surface area (Å²) in [6.07, 6.45) is 10.2. The number of hydrogen-bond acceptors (Lipinski definition) is 6. The predicted octanol–water partition coefficient (Wildman–Crippen LogP) is 5.36. The molecule has 4 aromatic heterocycles. The molecule has 0 radical (unpaired) electrons. The average Bonchev–Trinajstić information content (AvgIpc) is 3.28. The lowest BCUT2D eigenvalue weighted by Crippen LogP contribution is -2.06. The first-order chi connectivity index (χ1) is 16.2. The molecule has 0 saturated carbocycles. The van der Waals surface area contributed by atoms with Crippen LogP contribution < -0.4 is 5.32 Å². The highest BCUT2D eigenvalue weighted by atomic mass is 32.2. The van der Waals surface area contributed by atoms with Crippen LogP contribution in [-0.2, 0) is 4.79 Å². The fourth-order valence-corrected chi connectivity index (χ4v) is 4.15. The number of pyridine rings is 2. The number of aromatic nitrogens is 5. The van der Waals surface area contributed by atoms with Gasteiger partial charge in [-0.2, -0.15) is 0 Å². The van der Waals surface area contributed by atoms with E-state index >= 15 is 0 Å². The van der Waals surface area contributed by atoms with Gasteiger partial charge in [-0.1, -0.05) is 30.5 Å². The third-order valence-corrected chi connectivity index (χ3v) is 5.80. The quantitative estimate of drug-likeness (QED) is 0.338. The number of amides is 1. The molecular formula is C25H18N6OS. The molecule has 5 aromatic rings. The second kappa shape index (κ2) is 9.05. The maximum absolute atomic E-state index is 11.6. The summed E-state index contributed by atoms with van der Waals surface area (Å²) in [5, 5.41) is 3.51. The maximum Gasteiger partial charge on any atom is 0.247 e. The Balaban J connectivity index is 1.42. The van der Waals surface area contributed by atoms with Gasteiger partial charge in [0.05, 0.1) is 11.9 Å². The van der Waals surface area contributed by atoms with E-state index in [2.05, 4.69) is 31.8 Å². The lowest BCUT2D eigenvalue weighted by atomic mass is 10.1. The van der Waals surface area contributed by atoms with Gasteiger partial charge in [0.1, 0.15) is 10.5 Å². The lowest BCUT2D eigenvalue weighted by Gasteiger charge is -2.06. The van der Waals surface area contributed by atoms with E-state index in [0.717, 1.165) is 37.8 Å². The van der Waals surface area contributed by atoms with Gasteiger partial charge in [0.25, 0.3) is 0 Å². The molecule has 8 heteroatoms. The summed E-state index contributed by atoms with van der Waals surface area (Å²) >= 11 is 1.47. The van der Waals surface area contributed by atoms with Crippen molar-refractivity contribution in [3.8, 4) is 22.4 Å². The monoisotopic (exact) mass is 450 g/mol. The number of hydrogen-bond donors (Lipinski definition) is 2. The number of carbonyl (C=O) groups is 1. The number of aromatic amines is 1. The van der Waals surface area contributed by atoms with Gasteiger partial charge in [0.2, 0.25) is 5.91 Å². The maximum atomic E-state index is 11.6. The molecule has 0 saturated heterocycles. The third-order valence-electron chi connectivity index (χ3n) is 4.90. The first kappa shape index (κ1) is 20.6. The molecule has 0 aliphatic heterocycles. The number of nitrogens with zero attached hydrogens (tertiary/aromatic N) is 4. The first-order valence-electron chi connectivity index (χ1n) is 10.1. The fraction of sp³-hybridized carbons (Fsp3) is 0. The van der Waals surface area contributed by atoms with Crippen molar-refractivity contribution in [3.05, 3.63) is 92.2 Å². The molecule has 0 fully saturated rings. The lowest BCUT2D eigenvalue weighted by molar-refractivity contribution is -0.111. The van der Waals surface area contributed by atoms with Gasteiger partial charge >= 0.3 is 0 Å². The summed E-state index contributed by atoms with van der Waals surface area (Å²) < 4.78 is 0. The highest BCUT2D eigenvalue weighted by Crippen LogP contribution is 2.32. The average molecular weight is 451 g/mol. The molecule has 2 N–H and O–H groups in total. The largest absolute Gasteiger partial charge is 0.344 e. The van der Waals surface area contributed by atoms with E-state index < -0.39 is 0 Å². The van der Waals surface area contributed by atoms with Crippen molar-refractivity contribution in [1.82, 2.24) is 24.9 Å². The number of nitrogens with one attached hydrogen (secondary N) is 2. The fourth-order valence-electron chi connectivity index (χ4n) is 3.33. The Bertz CT molecular complexity index is 1450. The first-order valence-corrected chi connectivity index (χ1v) is 10.9. The standard InChI is InChI=1S/C25H18N6OS/c1-2-22(32)30-18-6-3-7-19(11-18)33-23-15-29-25-24(31-23)20(14-28-25)16-8-9-21(27-13-16)17-5-4-10-26-12-17/h2-15H,1H2,(H,28,29)(H,30,32). The van der Waals surface area contributed by atoms with Gasteiger partial charge in [-0.15, -0.1) is 0 Å². The van der Waals surface area contributed by atoms with Crippen molar-refractivity contribution in [1.29, 1.82) is 0 Å². The number of carbonyl (C=O) groups excluding carboxylic acids is 1. The van der Waals surface area contributed by atoms with Crippen LogP contribution in [0.4, 0.5) is 5.69 Å². The molecule has 1 aromatic carbocycles. The second-order valence-electron chi connectivity index (χ2n) is 7.10. The molecule has 5 rings (SSSR count). The summed E-state index contributed by atoms with van der Waals surface area (Å²) in [5.41, 5.74) is 5.87. The van der Waals surface area contributed by atoms with Crippen LogP contribution in [0.15, 0.2) is 102 Å². The Kier molecular flexibility index (Phi) is 5.65. The zero-order valence-corrected chi connectivity index (χ0v) is 18.2. The summed E-state index contributed by atoms with van der Waals surface area (Å²) in [7, 11) is 0. The van der Waals surface area contributed by atoms with Gasteiger partial charge in [-0.25, -0.2) is 9.97 Å². The number of fused-ring (bicyclic) bond motifs is 1. The van der Waals surface area contributed by atoms with Gasteiger partial charge in [-0.05, 0) is 42.5 Å². The highest BCUT2D eigenvalue weighted by Gasteiger charge is 2.12. The van der Waals surface area contributed by atoms with Crippen molar-refractivity contribution < 1.29 is 4.79 Å². The molecule has 4 heterocycles. The molecule has 160 valence electrons. The van der Waals surface area contributed by atoms with Crippen LogP contribution in [0.5, 0.6) is 0 Å². The minimum atomic E-state index is -0.251. The van der Waals surface area contributed by atoms with E-state index in [-0.39, 0.29) is 5.91 Å². The molecule has 0 aliphatic carbocycles. The molecule has 0 aliphatic rings. The van der Waals surface area contributed by atoms with Gasteiger partial charge in [0, 0.05) is 52.1 Å². The van der Waals surface area contributed by atoms with Crippen molar-refractivity contribution in [2.24, 2.45) is 0 Å². The van der Waals surface area contributed by atoms with Crippen LogP contribution in [0.25, 0.3) is 33.5 Å². The van der Waals surface area contributed by atoms with E-state index in [9.17, 15) is 4.79 Å². The zero-order valence-electron chi connectivity index (χ0n) is 17.4. The van der Waals surface area contributed by atoms with E-state index in [1.807, 2.05) is 60.9 Å². The van der Waals surface area contributed by atoms with Crippen molar-refractivity contribution >= 4 is 34.5 Å². The van der Waals surface area contributed by atoms with Crippen molar-refractivity contribution in [3.63, 3.8) is 0 Å². The molecular weight excluding hydrogens is 432 g/mol. The number of H-pyrrole nitrogens is 1. The van der Waals surface area contributed by atoms with Gasteiger partial charge < -0.3 is 10.3 Å². The van der Waals surface area contributed by atoms with Gasteiger partial charge in [-0.3, -0.25) is 14.8 Å². The summed E-state index contributed by atoms with van der Waals surface area (Å²) in [6, 6.07) is 15.4. The van der Waals surface area contributed by atoms with E-state index in [1.165, 1.54) is 17.8 Å². The van der Waals surface area contributed by atoms with Crippen molar-refractivity contribution in [2.45, 2.75) is 9.92 Å². The Morgan fingerprint density at radius 3 is 2.76 bits per heavy atom. The minimum absolute atomic E-state index is 0.251. The number of benzene rings is 1.